The number of nitro groups is 1. The van der Waals surface area contributed by atoms with Crippen LogP contribution >= 0.6 is 0 Å². The van der Waals surface area contributed by atoms with Crippen molar-refractivity contribution in [3.05, 3.63) is 33.9 Å². The number of amides is 2. The van der Waals surface area contributed by atoms with Crippen LogP contribution in [0.2, 0.25) is 0 Å². The van der Waals surface area contributed by atoms with Crippen LogP contribution in [0.5, 0.6) is 0 Å². The van der Waals surface area contributed by atoms with Crippen LogP contribution < -0.4 is 4.90 Å². The third kappa shape index (κ3) is 5.56. The summed E-state index contributed by atoms with van der Waals surface area (Å²) in [5.41, 5.74) is 1.12. The quantitative estimate of drug-likeness (QED) is 0.473. The van der Waals surface area contributed by atoms with Gasteiger partial charge < -0.3 is 14.7 Å². The van der Waals surface area contributed by atoms with E-state index < -0.39 is 4.92 Å². The van der Waals surface area contributed by atoms with Crippen molar-refractivity contribution >= 4 is 23.2 Å². The van der Waals surface area contributed by atoms with Crippen molar-refractivity contribution in [3.63, 3.8) is 0 Å². The highest BCUT2D eigenvalue weighted by Gasteiger charge is 2.29. The van der Waals surface area contributed by atoms with Gasteiger partial charge in [0.2, 0.25) is 5.91 Å². The molecule has 0 bridgehead atoms. The largest absolute Gasteiger partial charge is 0.371 e. The zero-order chi connectivity index (χ0) is 23.3. The lowest BCUT2D eigenvalue weighted by Crippen LogP contribution is -2.51. The van der Waals surface area contributed by atoms with Crippen molar-refractivity contribution in [1.82, 2.24) is 14.7 Å². The van der Waals surface area contributed by atoms with Gasteiger partial charge >= 0.3 is 0 Å². The van der Waals surface area contributed by atoms with Gasteiger partial charge in [0, 0.05) is 64.5 Å². The Morgan fingerprint density at radius 1 is 1.06 bits per heavy atom. The summed E-state index contributed by atoms with van der Waals surface area (Å²) in [6.07, 6.45) is 2.09. The second-order valence-electron chi connectivity index (χ2n) is 8.76. The Bertz CT molecular complexity index is 826. The lowest BCUT2D eigenvalue weighted by molar-refractivity contribution is -0.384. The Morgan fingerprint density at radius 3 is 2.25 bits per heavy atom. The number of carbonyl (C=O) groups is 2. The number of nitro benzene ring substituents is 1. The minimum Gasteiger partial charge on any atom is -0.371 e. The number of non-ortho nitro benzene ring substituents is 1. The predicted molar refractivity (Wildman–Crippen MR) is 124 cm³/mol. The Labute approximate surface area is 190 Å². The molecule has 2 saturated heterocycles. The monoisotopic (exact) mass is 445 g/mol. The first-order valence-electron chi connectivity index (χ1n) is 11.7. The lowest BCUT2D eigenvalue weighted by Gasteiger charge is -2.37. The average molecular weight is 446 g/mol. The van der Waals surface area contributed by atoms with Gasteiger partial charge in [-0.2, -0.15) is 0 Å². The number of piperazine rings is 1. The van der Waals surface area contributed by atoms with Crippen LogP contribution in [0.15, 0.2) is 18.2 Å². The van der Waals surface area contributed by atoms with Gasteiger partial charge in [-0.1, -0.05) is 6.92 Å². The summed E-state index contributed by atoms with van der Waals surface area (Å²) in [5.74, 6) is 0.586. The summed E-state index contributed by atoms with van der Waals surface area (Å²) >= 11 is 0. The minimum atomic E-state index is -0.449. The maximum atomic E-state index is 13.4. The first-order chi connectivity index (χ1) is 15.3. The van der Waals surface area contributed by atoms with Gasteiger partial charge in [-0.25, -0.2) is 0 Å². The molecule has 0 aromatic heterocycles. The first kappa shape index (κ1) is 24.0. The van der Waals surface area contributed by atoms with E-state index in [4.69, 9.17) is 0 Å². The normalized spacial score (nSPS) is 18.0. The molecule has 0 radical (unpaired) electrons. The molecule has 0 N–H and O–H groups in total. The molecule has 2 aliphatic rings. The molecule has 0 aliphatic carbocycles. The van der Waals surface area contributed by atoms with Gasteiger partial charge in [-0.3, -0.25) is 24.6 Å². The standard InChI is InChI=1S/C23H35N5O4/c1-4-25(5-2)22(29)17-24-12-14-27(15-13-24)23(30)20-16-19(28(31)32)6-7-21(20)26-10-8-18(3)9-11-26/h6-7,16,18H,4-5,8-15,17H2,1-3H3. The highest BCUT2D eigenvalue weighted by molar-refractivity contribution is 6.00. The molecule has 1 aromatic carbocycles. The number of hydrogen-bond donors (Lipinski definition) is 0. The second-order valence-corrected chi connectivity index (χ2v) is 8.76. The van der Waals surface area contributed by atoms with Crippen molar-refractivity contribution in [2.75, 3.05) is 63.8 Å². The molecule has 2 heterocycles. The molecule has 9 heteroatoms. The fourth-order valence-corrected chi connectivity index (χ4v) is 4.48. The molecule has 3 rings (SSSR count). The van der Waals surface area contributed by atoms with Crippen LogP contribution in [-0.4, -0.2) is 90.3 Å². The van der Waals surface area contributed by atoms with E-state index in [0.29, 0.717) is 57.3 Å². The van der Waals surface area contributed by atoms with Gasteiger partial charge in [0.1, 0.15) is 0 Å². The zero-order valence-corrected chi connectivity index (χ0v) is 19.5. The summed E-state index contributed by atoms with van der Waals surface area (Å²) in [6, 6.07) is 4.63. The Hall–Kier alpha value is -2.68. The van der Waals surface area contributed by atoms with E-state index in [1.54, 1.807) is 11.0 Å². The summed E-state index contributed by atoms with van der Waals surface area (Å²) < 4.78 is 0. The lowest BCUT2D eigenvalue weighted by atomic mass is 9.97. The van der Waals surface area contributed by atoms with Gasteiger partial charge in [0.15, 0.2) is 0 Å². The van der Waals surface area contributed by atoms with Gasteiger partial charge in [0.25, 0.3) is 11.6 Å². The van der Waals surface area contributed by atoms with Crippen LogP contribution in [0.4, 0.5) is 11.4 Å². The molecular formula is C23H35N5O4. The number of nitrogens with zero attached hydrogens (tertiary/aromatic N) is 5. The van der Waals surface area contributed by atoms with E-state index in [2.05, 4.69) is 16.7 Å². The van der Waals surface area contributed by atoms with E-state index in [1.807, 2.05) is 18.7 Å². The average Bonchev–Trinajstić information content (AvgIpc) is 2.80. The number of rotatable bonds is 7. The molecule has 2 amide bonds. The summed E-state index contributed by atoms with van der Waals surface area (Å²) in [6.45, 7) is 11.8. The summed E-state index contributed by atoms with van der Waals surface area (Å²) in [5, 5.41) is 11.4. The molecule has 2 aliphatic heterocycles. The zero-order valence-electron chi connectivity index (χ0n) is 19.5. The molecular weight excluding hydrogens is 410 g/mol. The first-order valence-corrected chi connectivity index (χ1v) is 11.7. The van der Waals surface area contributed by atoms with Gasteiger partial charge in [0.05, 0.1) is 22.7 Å². The third-order valence-electron chi connectivity index (χ3n) is 6.68. The van der Waals surface area contributed by atoms with E-state index in [1.165, 1.54) is 12.1 Å². The molecule has 1 aromatic rings. The number of carbonyl (C=O) groups excluding carboxylic acids is 2. The Kier molecular flexibility index (Phi) is 8.06. The molecule has 9 nitrogen and oxygen atoms in total. The van der Waals surface area contributed by atoms with Crippen LogP contribution in [0.25, 0.3) is 0 Å². The minimum absolute atomic E-state index is 0.0640. The van der Waals surface area contributed by atoms with Gasteiger partial charge in [-0.05, 0) is 38.7 Å². The number of likely N-dealkylation sites (N-methyl/N-ethyl adjacent to an activating group) is 1. The van der Waals surface area contributed by atoms with Crippen LogP contribution in [-0.2, 0) is 4.79 Å². The molecule has 2 fully saturated rings. The second kappa shape index (κ2) is 10.8. The third-order valence-corrected chi connectivity index (χ3v) is 6.68. The molecule has 0 atom stereocenters. The highest BCUT2D eigenvalue weighted by Crippen LogP contribution is 2.30. The predicted octanol–water partition coefficient (Wildman–Crippen LogP) is 2.46. The maximum Gasteiger partial charge on any atom is 0.270 e. The number of benzene rings is 1. The summed E-state index contributed by atoms with van der Waals surface area (Å²) in [4.78, 5) is 44.5. The molecule has 32 heavy (non-hydrogen) atoms. The maximum absolute atomic E-state index is 13.4. The number of piperidine rings is 1. The van der Waals surface area contributed by atoms with E-state index in [-0.39, 0.29) is 17.5 Å². The van der Waals surface area contributed by atoms with Crippen LogP contribution in [0.3, 0.4) is 0 Å². The number of anilines is 1. The smallest absolute Gasteiger partial charge is 0.270 e. The van der Waals surface area contributed by atoms with Crippen molar-refractivity contribution in [2.45, 2.75) is 33.6 Å². The van der Waals surface area contributed by atoms with Crippen LogP contribution in [0, 0.1) is 16.0 Å². The van der Waals surface area contributed by atoms with Crippen LogP contribution in [0.1, 0.15) is 44.0 Å². The Morgan fingerprint density at radius 2 is 1.69 bits per heavy atom. The molecule has 0 spiro atoms. The fraction of sp³-hybridized carbons (Fsp3) is 0.652. The fourth-order valence-electron chi connectivity index (χ4n) is 4.48. The Balaban J connectivity index is 1.71. The SMILES string of the molecule is CCN(CC)C(=O)CN1CCN(C(=O)c2cc([N+](=O)[O-])ccc2N2CCC(C)CC2)CC1. The topological polar surface area (TPSA) is 90.2 Å². The van der Waals surface area contributed by atoms with Gasteiger partial charge in [-0.15, -0.1) is 0 Å². The highest BCUT2D eigenvalue weighted by atomic mass is 16.6. The number of hydrogen-bond acceptors (Lipinski definition) is 6. The molecule has 176 valence electrons. The van der Waals surface area contributed by atoms with E-state index in [9.17, 15) is 19.7 Å². The van der Waals surface area contributed by atoms with Crippen molar-refractivity contribution in [2.24, 2.45) is 5.92 Å². The van der Waals surface area contributed by atoms with Crippen molar-refractivity contribution in [3.8, 4) is 0 Å². The van der Waals surface area contributed by atoms with E-state index >= 15 is 0 Å². The van der Waals surface area contributed by atoms with Crippen molar-refractivity contribution in [1.29, 1.82) is 0 Å². The summed E-state index contributed by atoms with van der Waals surface area (Å²) in [7, 11) is 0. The molecule has 0 saturated carbocycles. The molecule has 0 unspecified atom stereocenters. The van der Waals surface area contributed by atoms with Crippen molar-refractivity contribution < 1.29 is 14.5 Å². The van der Waals surface area contributed by atoms with E-state index in [0.717, 1.165) is 31.6 Å².